The van der Waals surface area contributed by atoms with E-state index in [1.807, 2.05) is 0 Å². The summed E-state index contributed by atoms with van der Waals surface area (Å²) in [4.78, 5) is 0.262. The molecule has 0 aromatic heterocycles. The van der Waals surface area contributed by atoms with Crippen LogP contribution in [0.25, 0.3) is 0 Å². The lowest BCUT2D eigenvalue weighted by Crippen LogP contribution is -2.23. The summed E-state index contributed by atoms with van der Waals surface area (Å²) in [6.45, 7) is 1.81. The van der Waals surface area contributed by atoms with Crippen molar-refractivity contribution in [2.45, 2.75) is 11.8 Å². The molecule has 0 amide bonds. The summed E-state index contributed by atoms with van der Waals surface area (Å²) in [7, 11) is -3.39. The van der Waals surface area contributed by atoms with E-state index in [-0.39, 0.29) is 11.4 Å². The molecule has 0 saturated heterocycles. The van der Waals surface area contributed by atoms with Gasteiger partial charge in [0, 0.05) is 0 Å². The maximum absolute atomic E-state index is 11.5. The van der Waals surface area contributed by atoms with Gasteiger partial charge in [0.15, 0.2) is 0 Å². The van der Waals surface area contributed by atoms with E-state index in [0.29, 0.717) is 0 Å². The number of nitrogens with one attached hydrogen (secondary N) is 1. The van der Waals surface area contributed by atoms with Gasteiger partial charge in [-0.2, -0.15) is 4.72 Å². The number of rotatable bonds is 3. The zero-order valence-electron chi connectivity index (χ0n) is 7.82. The van der Waals surface area contributed by atoms with Gasteiger partial charge in [-0.3, -0.25) is 0 Å². The Kier molecular flexibility index (Phi) is 3.69. The molecule has 0 unspecified atom stereocenters. The van der Waals surface area contributed by atoms with Crippen LogP contribution in [0.3, 0.4) is 0 Å². The van der Waals surface area contributed by atoms with E-state index in [1.165, 1.54) is 0 Å². The van der Waals surface area contributed by atoms with Gasteiger partial charge in [0.25, 0.3) is 0 Å². The Balaban J connectivity index is 2.80. The van der Waals surface area contributed by atoms with Crippen LogP contribution in [0, 0.1) is 11.8 Å². The Morgan fingerprint density at radius 3 is 2.50 bits per heavy atom. The molecular weight excluding hydrogens is 198 g/mol. The van der Waals surface area contributed by atoms with E-state index >= 15 is 0 Å². The van der Waals surface area contributed by atoms with E-state index in [9.17, 15) is 8.42 Å². The normalized spacial score (nSPS) is 10.4. The predicted molar refractivity (Wildman–Crippen MR) is 55.1 cm³/mol. The molecule has 0 aliphatic heterocycles. The van der Waals surface area contributed by atoms with Crippen molar-refractivity contribution >= 4 is 10.0 Å². The SMILES string of the molecule is CC#CCNS(=O)(=O)c1ccccc1. The summed E-state index contributed by atoms with van der Waals surface area (Å²) in [5.74, 6) is 5.25. The van der Waals surface area contributed by atoms with E-state index in [0.717, 1.165) is 0 Å². The zero-order valence-corrected chi connectivity index (χ0v) is 8.64. The molecule has 3 nitrogen and oxygen atoms in total. The minimum Gasteiger partial charge on any atom is -0.207 e. The fourth-order valence-corrected chi connectivity index (χ4v) is 1.85. The Hall–Kier alpha value is -1.31. The van der Waals surface area contributed by atoms with Crippen LogP contribution in [0.15, 0.2) is 35.2 Å². The van der Waals surface area contributed by atoms with Gasteiger partial charge in [-0.1, -0.05) is 24.1 Å². The molecule has 74 valence electrons. The summed E-state index contributed by atoms with van der Waals surface area (Å²) >= 11 is 0. The van der Waals surface area contributed by atoms with Crippen LogP contribution in [0.1, 0.15) is 6.92 Å². The van der Waals surface area contributed by atoms with Gasteiger partial charge >= 0.3 is 0 Å². The van der Waals surface area contributed by atoms with Crippen LogP contribution in [0.5, 0.6) is 0 Å². The summed E-state index contributed by atoms with van der Waals surface area (Å²) < 4.78 is 25.4. The first kappa shape index (κ1) is 10.8. The standard InChI is InChI=1S/C10H11NO2S/c1-2-3-9-11-14(12,13)10-7-5-4-6-8-10/h4-8,11H,9H2,1H3. The molecule has 1 aromatic carbocycles. The smallest absolute Gasteiger partial charge is 0.207 e. The van der Waals surface area contributed by atoms with Crippen molar-refractivity contribution in [1.29, 1.82) is 0 Å². The molecular formula is C10H11NO2S. The van der Waals surface area contributed by atoms with Gasteiger partial charge in [-0.15, -0.1) is 5.92 Å². The average Bonchev–Trinajstić information content (AvgIpc) is 2.19. The highest BCUT2D eigenvalue weighted by atomic mass is 32.2. The molecule has 0 bridgehead atoms. The summed E-state index contributed by atoms with van der Waals surface area (Å²) in [5, 5.41) is 0. The molecule has 0 fully saturated rings. The summed E-state index contributed by atoms with van der Waals surface area (Å²) in [5.41, 5.74) is 0. The maximum atomic E-state index is 11.5. The van der Waals surface area contributed by atoms with E-state index in [4.69, 9.17) is 0 Å². The second-order valence-electron chi connectivity index (χ2n) is 2.56. The molecule has 0 aliphatic carbocycles. The molecule has 1 rings (SSSR count). The molecule has 0 spiro atoms. The number of hydrogen-bond donors (Lipinski definition) is 1. The van der Waals surface area contributed by atoms with Crippen LogP contribution in [-0.2, 0) is 10.0 Å². The van der Waals surface area contributed by atoms with Crippen LogP contribution in [0.2, 0.25) is 0 Å². The second kappa shape index (κ2) is 4.80. The number of hydrogen-bond acceptors (Lipinski definition) is 2. The van der Waals surface area contributed by atoms with Gasteiger partial charge in [-0.05, 0) is 19.1 Å². The summed E-state index contributed by atoms with van der Waals surface area (Å²) in [6, 6.07) is 8.22. The van der Waals surface area contributed by atoms with Crippen LogP contribution >= 0.6 is 0 Å². The quantitative estimate of drug-likeness (QED) is 0.754. The van der Waals surface area contributed by atoms with E-state index < -0.39 is 10.0 Å². The molecule has 0 heterocycles. The van der Waals surface area contributed by atoms with Gasteiger partial charge in [0.2, 0.25) is 10.0 Å². The highest BCUT2D eigenvalue weighted by Gasteiger charge is 2.10. The molecule has 0 radical (unpaired) electrons. The van der Waals surface area contributed by atoms with Crippen LogP contribution < -0.4 is 4.72 Å². The lowest BCUT2D eigenvalue weighted by Gasteiger charge is -2.02. The van der Waals surface area contributed by atoms with Crippen molar-refractivity contribution in [2.75, 3.05) is 6.54 Å². The fraction of sp³-hybridized carbons (Fsp3) is 0.200. The first-order chi connectivity index (χ1) is 6.67. The lowest BCUT2D eigenvalue weighted by molar-refractivity contribution is 0.586. The van der Waals surface area contributed by atoms with Crippen molar-refractivity contribution in [1.82, 2.24) is 4.72 Å². The Morgan fingerprint density at radius 2 is 1.93 bits per heavy atom. The van der Waals surface area contributed by atoms with Gasteiger partial charge < -0.3 is 0 Å². The Morgan fingerprint density at radius 1 is 1.29 bits per heavy atom. The second-order valence-corrected chi connectivity index (χ2v) is 4.33. The largest absolute Gasteiger partial charge is 0.241 e. The molecule has 0 aliphatic rings. The average molecular weight is 209 g/mol. The minimum atomic E-state index is -3.39. The molecule has 4 heteroatoms. The van der Waals surface area contributed by atoms with E-state index in [1.54, 1.807) is 37.3 Å². The molecule has 0 atom stereocenters. The monoisotopic (exact) mass is 209 g/mol. The molecule has 14 heavy (non-hydrogen) atoms. The Bertz CT molecular complexity index is 440. The van der Waals surface area contributed by atoms with Crippen molar-refractivity contribution < 1.29 is 8.42 Å². The predicted octanol–water partition coefficient (Wildman–Crippen LogP) is 0.988. The Labute approximate surface area is 84.2 Å². The topological polar surface area (TPSA) is 46.2 Å². The van der Waals surface area contributed by atoms with Crippen molar-refractivity contribution in [3.63, 3.8) is 0 Å². The minimum absolute atomic E-state index is 0.147. The third-order valence-electron chi connectivity index (χ3n) is 1.58. The summed E-state index contributed by atoms with van der Waals surface area (Å²) in [6.07, 6.45) is 0. The van der Waals surface area contributed by atoms with Crippen molar-refractivity contribution in [2.24, 2.45) is 0 Å². The fourth-order valence-electron chi connectivity index (χ4n) is 0.902. The highest BCUT2D eigenvalue weighted by Crippen LogP contribution is 2.05. The highest BCUT2D eigenvalue weighted by molar-refractivity contribution is 7.89. The van der Waals surface area contributed by atoms with Crippen molar-refractivity contribution in [3.8, 4) is 11.8 Å². The first-order valence-electron chi connectivity index (χ1n) is 4.11. The molecule has 1 N–H and O–H groups in total. The van der Waals surface area contributed by atoms with Crippen LogP contribution in [0.4, 0.5) is 0 Å². The first-order valence-corrected chi connectivity index (χ1v) is 5.59. The lowest BCUT2D eigenvalue weighted by atomic mass is 10.4. The molecule has 1 aromatic rings. The maximum Gasteiger partial charge on any atom is 0.241 e. The molecule has 0 saturated carbocycles. The number of sulfonamides is 1. The van der Waals surface area contributed by atoms with Crippen molar-refractivity contribution in [3.05, 3.63) is 30.3 Å². The third kappa shape index (κ3) is 2.87. The van der Waals surface area contributed by atoms with Gasteiger partial charge in [-0.25, -0.2) is 8.42 Å². The van der Waals surface area contributed by atoms with Gasteiger partial charge in [0.05, 0.1) is 11.4 Å². The van der Waals surface area contributed by atoms with Gasteiger partial charge in [0.1, 0.15) is 0 Å². The third-order valence-corrected chi connectivity index (χ3v) is 3.00. The van der Waals surface area contributed by atoms with Crippen LogP contribution in [-0.4, -0.2) is 15.0 Å². The zero-order chi connectivity index (χ0) is 10.4. The number of benzene rings is 1. The van der Waals surface area contributed by atoms with E-state index in [2.05, 4.69) is 16.6 Å².